The highest BCUT2D eigenvalue weighted by Crippen LogP contribution is 2.61. The Morgan fingerprint density at radius 3 is 2.42 bits per heavy atom. The minimum Gasteiger partial charge on any atom is -0.447 e. The molecule has 0 spiro atoms. The standard InChI is InChI=1S/C16H24N2O/c1-11(18-9-15-8-17-10-19-15)16-5-12-2-13(6-16)4-14(3-12)7-16/h8,10-14,18H,2-7,9H2,1H3. The number of aromatic nitrogens is 1. The summed E-state index contributed by atoms with van der Waals surface area (Å²) in [4.78, 5) is 3.99. The fraction of sp³-hybridized carbons (Fsp3) is 0.812. The Labute approximate surface area is 115 Å². The van der Waals surface area contributed by atoms with Crippen molar-refractivity contribution in [2.45, 2.75) is 58.0 Å². The topological polar surface area (TPSA) is 38.1 Å². The van der Waals surface area contributed by atoms with E-state index >= 15 is 0 Å². The summed E-state index contributed by atoms with van der Waals surface area (Å²) in [6.07, 6.45) is 12.3. The second-order valence-electron chi connectivity index (χ2n) is 7.35. The summed E-state index contributed by atoms with van der Waals surface area (Å²) in [6.45, 7) is 3.21. The molecule has 4 aliphatic rings. The molecule has 0 radical (unpaired) electrons. The summed E-state index contributed by atoms with van der Waals surface area (Å²) in [6, 6.07) is 0.603. The first kappa shape index (κ1) is 12.0. The Balaban J connectivity index is 1.45. The smallest absolute Gasteiger partial charge is 0.180 e. The molecule has 0 aliphatic heterocycles. The third kappa shape index (κ3) is 2.03. The van der Waals surface area contributed by atoms with E-state index in [2.05, 4.69) is 17.2 Å². The normalized spacial score (nSPS) is 41.6. The van der Waals surface area contributed by atoms with Gasteiger partial charge in [0.25, 0.3) is 0 Å². The Hall–Kier alpha value is -0.830. The van der Waals surface area contributed by atoms with Gasteiger partial charge in [-0.1, -0.05) is 0 Å². The zero-order valence-corrected chi connectivity index (χ0v) is 11.8. The number of rotatable bonds is 4. The molecule has 4 bridgehead atoms. The van der Waals surface area contributed by atoms with Crippen LogP contribution in [0.5, 0.6) is 0 Å². The second-order valence-corrected chi connectivity index (χ2v) is 7.35. The van der Waals surface area contributed by atoms with E-state index in [1.807, 2.05) is 6.20 Å². The van der Waals surface area contributed by atoms with Crippen LogP contribution in [0.25, 0.3) is 0 Å². The van der Waals surface area contributed by atoms with Gasteiger partial charge in [-0.25, -0.2) is 4.98 Å². The Morgan fingerprint density at radius 1 is 1.26 bits per heavy atom. The number of nitrogens with zero attached hydrogens (tertiary/aromatic N) is 1. The van der Waals surface area contributed by atoms with Crippen LogP contribution in [0, 0.1) is 23.2 Å². The van der Waals surface area contributed by atoms with Gasteiger partial charge in [0, 0.05) is 6.04 Å². The van der Waals surface area contributed by atoms with Crippen molar-refractivity contribution in [3.63, 3.8) is 0 Å². The quantitative estimate of drug-likeness (QED) is 0.902. The summed E-state index contributed by atoms with van der Waals surface area (Å²) in [5.74, 6) is 4.04. The minimum atomic E-state index is 0.578. The highest BCUT2D eigenvalue weighted by molar-refractivity contribution is 5.05. The monoisotopic (exact) mass is 260 g/mol. The fourth-order valence-corrected chi connectivity index (χ4v) is 5.51. The van der Waals surface area contributed by atoms with E-state index < -0.39 is 0 Å². The lowest BCUT2D eigenvalue weighted by Crippen LogP contribution is -2.54. The van der Waals surface area contributed by atoms with Crippen LogP contribution in [-0.2, 0) is 6.54 Å². The maximum absolute atomic E-state index is 5.33. The lowest BCUT2D eigenvalue weighted by atomic mass is 9.48. The number of nitrogens with one attached hydrogen (secondary N) is 1. The van der Waals surface area contributed by atoms with Gasteiger partial charge in [-0.15, -0.1) is 0 Å². The summed E-state index contributed by atoms with van der Waals surface area (Å²) >= 11 is 0. The molecule has 1 aromatic rings. The first-order chi connectivity index (χ1) is 9.23. The minimum absolute atomic E-state index is 0.578. The second kappa shape index (κ2) is 4.34. The van der Waals surface area contributed by atoms with Crippen molar-refractivity contribution in [2.24, 2.45) is 23.2 Å². The molecular weight excluding hydrogens is 236 g/mol. The molecule has 1 N–H and O–H groups in total. The van der Waals surface area contributed by atoms with Crippen molar-refractivity contribution in [2.75, 3.05) is 0 Å². The predicted molar refractivity (Wildman–Crippen MR) is 73.4 cm³/mol. The molecule has 0 aromatic carbocycles. The van der Waals surface area contributed by atoms with Crippen LogP contribution in [-0.4, -0.2) is 11.0 Å². The molecule has 104 valence electrons. The molecule has 1 heterocycles. The molecule has 0 amide bonds. The molecular formula is C16H24N2O. The SMILES string of the molecule is CC(NCc1cnco1)C12CC3CC(CC(C3)C1)C2. The summed E-state index contributed by atoms with van der Waals surface area (Å²) in [7, 11) is 0. The average molecular weight is 260 g/mol. The Kier molecular flexibility index (Phi) is 2.73. The maximum Gasteiger partial charge on any atom is 0.180 e. The van der Waals surface area contributed by atoms with Crippen LogP contribution in [0.1, 0.15) is 51.2 Å². The molecule has 4 saturated carbocycles. The highest BCUT2D eigenvalue weighted by atomic mass is 16.3. The summed E-state index contributed by atoms with van der Waals surface area (Å²) in [5.41, 5.74) is 0.578. The van der Waals surface area contributed by atoms with Crippen LogP contribution in [0.3, 0.4) is 0 Å². The van der Waals surface area contributed by atoms with Gasteiger partial charge in [-0.3, -0.25) is 0 Å². The summed E-state index contributed by atoms with van der Waals surface area (Å²) < 4.78 is 5.33. The van der Waals surface area contributed by atoms with Gasteiger partial charge >= 0.3 is 0 Å². The van der Waals surface area contributed by atoms with E-state index in [9.17, 15) is 0 Å². The van der Waals surface area contributed by atoms with Crippen LogP contribution >= 0.6 is 0 Å². The first-order valence-electron chi connectivity index (χ1n) is 7.84. The first-order valence-corrected chi connectivity index (χ1v) is 7.84. The predicted octanol–water partition coefficient (Wildman–Crippen LogP) is 3.37. The summed E-state index contributed by atoms with van der Waals surface area (Å²) in [5, 5.41) is 3.71. The van der Waals surface area contributed by atoms with Gasteiger partial charge in [0.05, 0.1) is 12.7 Å². The van der Waals surface area contributed by atoms with E-state index in [1.165, 1.54) is 44.9 Å². The van der Waals surface area contributed by atoms with E-state index in [-0.39, 0.29) is 0 Å². The third-order valence-corrected chi connectivity index (χ3v) is 6.07. The van der Waals surface area contributed by atoms with E-state index in [0.29, 0.717) is 11.5 Å². The molecule has 19 heavy (non-hydrogen) atoms. The molecule has 1 aromatic heterocycles. The number of hydrogen-bond acceptors (Lipinski definition) is 3. The van der Waals surface area contributed by atoms with Crippen molar-refractivity contribution in [3.05, 3.63) is 18.4 Å². The third-order valence-electron chi connectivity index (χ3n) is 6.07. The zero-order chi connectivity index (χ0) is 12.9. The van der Waals surface area contributed by atoms with E-state index in [0.717, 1.165) is 30.1 Å². The van der Waals surface area contributed by atoms with Crippen LogP contribution < -0.4 is 5.32 Å². The van der Waals surface area contributed by atoms with Crippen molar-refractivity contribution in [1.29, 1.82) is 0 Å². The maximum atomic E-state index is 5.33. The molecule has 4 aliphatic carbocycles. The lowest BCUT2D eigenvalue weighted by molar-refractivity contribution is -0.0708. The van der Waals surface area contributed by atoms with Crippen LogP contribution in [0.2, 0.25) is 0 Å². The van der Waals surface area contributed by atoms with Crippen molar-refractivity contribution in [1.82, 2.24) is 10.3 Å². The molecule has 1 atom stereocenters. The van der Waals surface area contributed by atoms with Gasteiger partial charge in [0.1, 0.15) is 5.76 Å². The van der Waals surface area contributed by atoms with Crippen LogP contribution in [0.4, 0.5) is 0 Å². The van der Waals surface area contributed by atoms with Gasteiger partial charge in [-0.2, -0.15) is 0 Å². The molecule has 5 rings (SSSR count). The average Bonchev–Trinajstić information content (AvgIpc) is 2.87. The van der Waals surface area contributed by atoms with Crippen LogP contribution in [0.15, 0.2) is 17.0 Å². The van der Waals surface area contributed by atoms with E-state index in [1.54, 1.807) is 0 Å². The van der Waals surface area contributed by atoms with Crippen molar-refractivity contribution < 1.29 is 4.42 Å². The molecule has 4 fully saturated rings. The van der Waals surface area contributed by atoms with Crippen molar-refractivity contribution >= 4 is 0 Å². The Morgan fingerprint density at radius 2 is 1.89 bits per heavy atom. The molecule has 0 saturated heterocycles. The van der Waals surface area contributed by atoms with Crippen molar-refractivity contribution in [3.8, 4) is 0 Å². The van der Waals surface area contributed by atoms with Gasteiger partial charge < -0.3 is 9.73 Å². The lowest BCUT2D eigenvalue weighted by Gasteiger charge is -2.59. The molecule has 3 heteroatoms. The highest BCUT2D eigenvalue weighted by Gasteiger charge is 2.52. The fourth-order valence-electron chi connectivity index (χ4n) is 5.51. The zero-order valence-electron chi connectivity index (χ0n) is 11.8. The van der Waals surface area contributed by atoms with E-state index in [4.69, 9.17) is 4.42 Å². The number of hydrogen-bond donors (Lipinski definition) is 1. The van der Waals surface area contributed by atoms with Gasteiger partial charge in [0.2, 0.25) is 0 Å². The largest absolute Gasteiger partial charge is 0.447 e. The molecule has 1 unspecified atom stereocenters. The van der Waals surface area contributed by atoms with Gasteiger partial charge in [-0.05, 0) is 68.6 Å². The Bertz CT molecular complexity index is 404. The molecule has 3 nitrogen and oxygen atoms in total. The van der Waals surface area contributed by atoms with Gasteiger partial charge in [0.15, 0.2) is 6.39 Å². The number of oxazole rings is 1.